The number of pyridine rings is 1. The summed E-state index contributed by atoms with van der Waals surface area (Å²) in [4.78, 5) is 7.79. The standard InChI is InChI=1S/C18H18N4/c1-18(2)5-3-12(4-6-18)13-7-15-16(14-9-21-22-10-14)11-20-17(15)19-8-13/h3-5,7-11H,6H2,1-2H3,(H,19,20)(H,21,22). The minimum absolute atomic E-state index is 0.247. The Hall–Kier alpha value is -2.62. The van der Waals surface area contributed by atoms with E-state index in [4.69, 9.17) is 0 Å². The fraction of sp³-hybridized carbons (Fsp3) is 0.222. The molecule has 3 aromatic heterocycles. The molecule has 1 aliphatic carbocycles. The summed E-state index contributed by atoms with van der Waals surface area (Å²) in [6.45, 7) is 4.50. The number of hydrogen-bond donors (Lipinski definition) is 2. The highest BCUT2D eigenvalue weighted by molar-refractivity contribution is 5.95. The predicted molar refractivity (Wildman–Crippen MR) is 89.2 cm³/mol. The van der Waals surface area contributed by atoms with E-state index in [1.165, 1.54) is 5.57 Å². The Bertz CT molecular complexity index is 879. The van der Waals surface area contributed by atoms with Gasteiger partial charge in [0.2, 0.25) is 0 Å². The summed E-state index contributed by atoms with van der Waals surface area (Å²) in [6, 6.07) is 2.20. The minimum atomic E-state index is 0.247. The van der Waals surface area contributed by atoms with E-state index in [1.54, 1.807) is 0 Å². The van der Waals surface area contributed by atoms with Gasteiger partial charge in [-0.15, -0.1) is 0 Å². The van der Waals surface area contributed by atoms with Crippen molar-refractivity contribution in [3.05, 3.63) is 54.6 Å². The van der Waals surface area contributed by atoms with Gasteiger partial charge in [-0.3, -0.25) is 5.10 Å². The first-order chi connectivity index (χ1) is 10.6. The van der Waals surface area contributed by atoms with Gasteiger partial charge in [-0.1, -0.05) is 32.1 Å². The van der Waals surface area contributed by atoms with Crippen LogP contribution in [0.3, 0.4) is 0 Å². The molecule has 0 atom stereocenters. The van der Waals surface area contributed by atoms with Crippen molar-refractivity contribution in [2.24, 2.45) is 5.41 Å². The van der Waals surface area contributed by atoms with Crippen LogP contribution in [0.5, 0.6) is 0 Å². The molecule has 0 fully saturated rings. The molecule has 110 valence electrons. The van der Waals surface area contributed by atoms with E-state index in [-0.39, 0.29) is 5.41 Å². The molecule has 4 nitrogen and oxygen atoms in total. The number of rotatable bonds is 2. The highest BCUT2D eigenvalue weighted by Crippen LogP contribution is 2.34. The minimum Gasteiger partial charge on any atom is -0.346 e. The predicted octanol–water partition coefficient (Wildman–Crippen LogP) is 4.32. The molecule has 22 heavy (non-hydrogen) atoms. The number of aromatic amines is 2. The fourth-order valence-corrected chi connectivity index (χ4v) is 2.84. The van der Waals surface area contributed by atoms with Crippen LogP contribution in [-0.2, 0) is 0 Å². The molecular weight excluding hydrogens is 272 g/mol. The van der Waals surface area contributed by atoms with E-state index in [0.717, 1.165) is 34.1 Å². The third-order valence-electron chi connectivity index (χ3n) is 4.24. The Kier molecular flexibility index (Phi) is 2.79. The Labute approximate surface area is 129 Å². The first-order valence-corrected chi connectivity index (χ1v) is 7.48. The Morgan fingerprint density at radius 3 is 2.77 bits per heavy atom. The zero-order chi connectivity index (χ0) is 15.2. The molecule has 0 unspecified atom stereocenters. The van der Waals surface area contributed by atoms with Crippen LogP contribution in [0.25, 0.3) is 27.7 Å². The van der Waals surface area contributed by atoms with Gasteiger partial charge in [-0.05, 0) is 23.5 Å². The van der Waals surface area contributed by atoms with Gasteiger partial charge in [0, 0.05) is 40.7 Å². The average Bonchev–Trinajstić information content (AvgIpc) is 3.15. The lowest BCUT2D eigenvalue weighted by Crippen LogP contribution is -2.08. The second kappa shape index (κ2) is 4.70. The van der Waals surface area contributed by atoms with Crippen LogP contribution in [0.4, 0.5) is 0 Å². The van der Waals surface area contributed by atoms with Crippen molar-refractivity contribution < 1.29 is 0 Å². The molecule has 0 aliphatic heterocycles. The van der Waals surface area contributed by atoms with Gasteiger partial charge in [0.15, 0.2) is 0 Å². The van der Waals surface area contributed by atoms with Crippen LogP contribution in [0.2, 0.25) is 0 Å². The zero-order valence-electron chi connectivity index (χ0n) is 12.7. The van der Waals surface area contributed by atoms with E-state index < -0.39 is 0 Å². The largest absolute Gasteiger partial charge is 0.346 e. The molecule has 1 aliphatic rings. The van der Waals surface area contributed by atoms with Gasteiger partial charge in [0.1, 0.15) is 5.65 Å². The average molecular weight is 290 g/mol. The quantitative estimate of drug-likeness (QED) is 0.738. The number of H-pyrrole nitrogens is 2. The van der Waals surface area contributed by atoms with Crippen molar-refractivity contribution in [3.63, 3.8) is 0 Å². The third-order valence-corrected chi connectivity index (χ3v) is 4.24. The van der Waals surface area contributed by atoms with Crippen LogP contribution in [0.15, 0.2) is 49.1 Å². The number of fused-ring (bicyclic) bond motifs is 1. The third kappa shape index (κ3) is 2.17. The lowest BCUT2D eigenvalue weighted by Gasteiger charge is -2.22. The van der Waals surface area contributed by atoms with Gasteiger partial charge >= 0.3 is 0 Å². The number of hydrogen-bond acceptors (Lipinski definition) is 2. The Balaban J connectivity index is 1.80. The van der Waals surface area contributed by atoms with E-state index in [1.807, 2.05) is 24.8 Å². The first kappa shape index (κ1) is 13.1. The molecule has 4 rings (SSSR count). The SMILES string of the molecule is CC1(C)C=CC(c2cnc3[nH]cc(-c4cn[nH]c4)c3c2)=CC1. The van der Waals surface area contributed by atoms with Gasteiger partial charge in [-0.2, -0.15) is 5.10 Å². The van der Waals surface area contributed by atoms with Crippen molar-refractivity contribution in [1.29, 1.82) is 0 Å². The molecule has 2 N–H and O–H groups in total. The van der Waals surface area contributed by atoms with Crippen LogP contribution in [0, 0.1) is 5.41 Å². The summed E-state index contributed by atoms with van der Waals surface area (Å²) >= 11 is 0. The molecule has 3 heterocycles. The summed E-state index contributed by atoms with van der Waals surface area (Å²) in [5, 5.41) is 8.02. The summed E-state index contributed by atoms with van der Waals surface area (Å²) < 4.78 is 0. The van der Waals surface area contributed by atoms with E-state index in [0.29, 0.717) is 0 Å². The van der Waals surface area contributed by atoms with Gasteiger partial charge < -0.3 is 4.98 Å². The van der Waals surface area contributed by atoms with Gasteiger partial charge in [-0.25, -0.2) is 4.98 Å². The fourth-order valence-electron chi connectivity index (χ4n) is 2.84. The van der Waals surface area contributed by atoms with Crippen LogP contribution >= 0.6 is 0 Å². The summed E-state index contributed by atoms with van der Waals surface area (Å²) in [7, 11) is 0. The smallest absolute Gasteiger partial charge is 0.137 e. The Morgan fingerprint density at radius 2 is 2.05 bits per heavy atom. The van der Waals surface area contributed by atoms with Crippen molar-refractivity contribution in [1.82, 2.24) is 20.2 Å². The number of nitrogens with one attached hydrogen (secondary N) is 2. The molecule has 0 saturated heterocycles. The molecule has 3 aromatic rings. The molecule has 0 spiro atoms. The maximum atomic E-state index is 4.56. The number of nitrogens with zero attached hydrogens (tertiary/aromatic N) is 2. The second-order valence-electron chi connectivity index (χ2n) is 6.49. The van der Waals surface area contributed by atoms with Crippen LogP contribution < -0.4 is 0 Å². The molecule has 0 aromatic carbocycles. The second-order valence-corrected chi connectivity index (χ2v) is 6.49. The lowest BCUT2D eigenvalue weighted by atomic mass is 9.83. The maximum Gasteiger partial charge on any atom is 0.137 e. The summed E-state index contributed by atoms with van der Waals surface area (Å²) in [6.07, 6.45) is 15.5. The van der Waals surface area contributed by atoms with Gasteiger partial charge in [0.05, 0.1) is 6.20 Å². The van der Waals surface area contributed by atoms with E-state index >= 15 is 0 Å². The van der Waals surface area contributed by atoms with E-state index in [9.17, 15) is 0 Å². The Morgan fingerprint density at radius 1 is 1.14 bits per heavy atom. The number of allylic oxidation sites excluding steroid dienone is 4. The molecular formula is C18H18N4. The molecule has 0 amide bonds. The molecule has 0 bridgehead atoms. The van der Waals surface area contributed by atoms with Crippen LogP contribution in [0.1, 0.15) is 25.8 Å². The molecule has 0 saturated carbocycles. The van der Waals surface area contributed by atoms with Crippen molar-refractivity contribution in [2.75, 3.05) is 0 Å². The summed E-state index contributed by atoms with van der Waals surface area (Å²) in [5.74, 6) is 0. The first-order valence-electron chi connectivity index (χ1n) is 7.48. The molecule has 4 heteroatoms. The zero-order valence-corrected chi connectivity index (χ0v) is 12.7. The van der Waals surface area contributed by atoms with Gasteiger partial charge in [0.25, 0.3) is 0 Å². The highest BCUT2D eigenvalue weighted by Gasteiger charge is 2.17. The highest BCUT2D eigenvalue weighted by atomic mass is 15.1. The van der Waals surface area contributed by atoms with Crippen molar-refractivity contribution in [2.45, 2.75) is 20.3 Å². The molecule has 0 radical (unpaired) electrons. The number of aromatic nitrogens is 4. The van der Waals surface area contributed by atoms with E-state index in [2.05, 4.69) is 58.3 Å². The maximum absolute atomic E-state index is 4.56. The summed E-state index contributed by atoms with van der Waals surface area (Å²) in [5.41, 5.74) is 5.74. The lowest BCUT2D eigenvalue weighted by molar-refractivity contribution is 0.485. The topological polar surface area (TPSA) is 57.4 Å². The van der Waals surface area contributed by atoms with Crippen molar-refractivity contribution >= 4 is 16.6 Å². The van der Waals surface area contributed by atoms with Crippen LogP contribution in [-0.4, -0.2) is 20.2 Å². The monoisotopic (exact) mass is 290 g/mol. The normalized spacial score (nSPS) is 16.9. The van der Waals surface area contributed by atoms with Crippen molar-refractivity contribution in [3.8, 4) is 11.1 Å².